The van der Waals surface area contributed by atoms with Crippen molar-refractivity contribution in [1.82, 2.24) is 9.78 Å². The summed E-state index contributed by atoms with van der Waals surface area (Å²) in [5.41, 5.74) is 1.04. The van der Waals surface area contributed by atoms with Gasteiger partial charge in [-0.25, -0.2) is 0 Å². The molecule has 1 rings (SSSR count). The number of carbonyl (C=O) groups is 2. The largest absolute Gasteiger partial charge is 0.481 e. The standard InChI is InChI=1S/C8H10N2O3/c1-5-3-6(9-10(5)2)7(11)4-8(12)13/h3H,4H2,1-2H3,(H,12,13). The number of nitrogens with zero attached hydrogens (tertiary/aromatic N) is 2. The van der Waals surface area contributed by atoms with Crippen LogP contribution >= 0.6 is 0 Å². The molecule has 0 saturated carbocycles. The summed E-state index contributed by atoms with van der Waals surface area (Å²) in [4.78, 5) is 21.4. The molecule has 5 heteroatoms. The number of carbonyl (C=O) groups excluding carboxylic acids is 1. The number of carboxylic acids is 1. The van der Waals surface area contributed by atoms with Crippen LogP contribution in [0.2, 0.25) is 0 Å². The Labute approximate surface area is 75.0 Å². The second kappa shape index (κ2) is 3.38. The predicted octanol–water partition coefficient (Wildman–Crippen LogP) is 0.386. The van der Waals surface area contributed by atoms with Crippen LogP contribution in [-0.4, -0.2) is 26.6 Å². The van der Waals surface area contributed by atoms with Gasteiger partial charge in [-0.3, -0.25) is 14.3 Å². The van der Waals surface area contributed by atoms with Gasteiger partial charge in [0.15, 0.2) is 5.78 Å². The molecule has 0 aliphatic heterocycles. The maximum absolute atomic E-state index is 11.2. The van der Waals surface area contributed by atoms with Gasteiger partial charge in [0.25, 0.3) is 0 Å². The highest BCUT2D eigenvalue weighted by Gasteiger charge is 2.14. The average molecular weight is 182 g/mol. The molecule has 1 N–H and O–H groups in total. The normalized spacial score (nSPS) is 10.0. The lowest BCUT2D eigenvalue weighted by Crippen LogP contribution is -2.08. The molecule has 1 heterocycles. The summed E-state index contributed by atoms with van der Waals surface area (Å²) >= 11 is 0. The van der Waals surface area contributed by atoms with Gasteiger partial charge in [0.05, 0.1) is 0 Å². The molecule has 1 aromatic rings. The van der Waals surface area contributed by atoms with E-state index in [0.717, 1.165) is 5.69 Å². The minimum absolute atomic E-state index is 0.211. The lowest BCUT2D eigenvalue weighted by molar-refractivity contribution is -0.135. The summed E-state index contributed by atoms with van der Waals surface area (Å²) in [5, 5.41) is 12.2. The van der Waals surface area contributed by atoms with E-state index in [1.165, 1.54) is 4.68 Å². The maximum Gasteiger partial charge on any atom is 0.311 e. The second-order valence-electron chi connectivity index (χ2n) is 2.79. The van der Waals surface area contributed by atoms with E-state index in [1.54, 1.807) is 20.0 Å². The van der Waals surface area contributed by atoms with E-state index in [0.29, 0.717) is 0 Å². The molecule has 13 heavy (non-hydrogen) atoms. The Hall–Kier alpha value is -1.65. The van der Waals surface area contributed by atoms with Gasteiger partial charge in [-0.1, -0.05) is 0 Å². The van der Waals surface area contributed by atoms with Gasteiger partial charge in [-0.2, -0.15) is 5.10 Å². The van der Waals surface area contributed by atoms with E-state index < -0.39 is 18.2 Å². The fraction of sp³-hybridized carbons (Fsp3) is 0.375. The highest BCUT2D eigenvalue weighted by Crippen LogP contribution is 2.04. The first-order valence-electron chi connectivity index (χ1n) is 3.76. The van der Waals surface area contributed by atoms with Gasteiger partial charge in [0.1, 0.15) is 12.1 Å². The van der Waals surface area contributed by atoms with Crippen LogP contribution in [0.4, 0.5) is 0 Å². The third-order valence-electron chi connectivity index (χ3n) is 1.71. The summed E-state index contributed by atoms with van der Waals surface area (Å²) in [6, 6.07) is 1.57. The van der Waals surface area contributed by atoms with Crippen molar-refractivity contribution in [2.75, 3.05) is 0 Å². The van der Waals surface area contributed by atoms with Crippen molar-refractivity contribution in [2.24, 2.45) is 7.05 Å². The quantitative estimate of drug-likeness (QED) is 0.542. The highest BCUT2D eigenvalue weighted by atomic mass is 16.4. The number of hydrogen-bond acceptors (Lipinski definition) is 3. The van der Waals surface area contributed by atoms with E-state index in [4.69, 9.17) is 5.11 Å². The maximum atomic E-state index is 11.2. The van der Waals surface area contributed by atoms with Gasteiger partial charge < -0.3 is 5.11 Å². The molecular formula is C8H10N2O3. The molecule has 70 valence electrons. The SMILES string of the molecule is Cc1cc(C(=O)CC(=O)O)nn1C. The summed E-state index contributed by atoms with van der Waals surface area (Å²) in [5.74, 6) is -1.59. The molecule has 0 fully saturated rings. The van der Waals surface area contributed by atoms with Crippen LogP contribution in [0.3, 0.4) is 0 Å². The molecule has 0 saturated heterocycles. The molecule has 0 unspecified atom stereocenters. The molecule has 5 nitrogen and oxygen atoms in total. The van der Waals surface area contributed by atoms with Gasteiger partial charge in [0, 0.05) is 12.7 Å². The summed E-state index contributed by atoms with van der Waals surface area (Å²) < 4.78 is 1.54. The topological polar surface area (TPSA) is 72.2 Å². The fourth-order valence-electron chi connectivity index (χ4n) is 0.925. The zero-order valence-corrected chi connectivity index (χ0v) is 7.44. The summed E-state index contributed by atoms with van der Waals surface area (Å²) in [6.07, 6.45) is -0.504. The number of Topliss-reactive ketones (excluding diaryl/α,β-unsaturated/α-hetero) is 1. The first kappa shape index (κ1) is 9.44. The highest BCUT2D eigenvalue weighted by molar-refractivity contribution is 6.04. The van der Waals surface area contributed by atoms with Crippen LogP contribution < -0.4 is 0 Å². The number of aryl methyl sites for hydroxylation is 2. The van der Waals surface area contributed by atoms with Crippen molar-refractivity contribution in [2.45, 2.75) is 13.3 Å². The van der Waals surface area contributed by atoms with Crippen LogP contribution in [0.5, 0.6) is 0 Å². The third-order valence-corrected chi connectivity index (χ3v) is 1.71. The van der Waals surface area contributed by atoms with Crippen LogP contribution in [0.15, 0.2) is 6.07 Å². The number of hydrogen-bond donors (Lipinski definition) is 1. The lowest BCUT2D eigenvalue weighted by Gasteiger charge is -1.90. The lowest BCUT2D eigenvalue weighted by atomic mass is 10.2. The molecule has 0 aliphatic rings. The fourth-order valence-corrected chi connectivity index (χ4v) is 0.925. The summed E-state index contributed by atoms with van der Waals surface area (Å²) in [6.45, 7) is 1.80. The van der Waals surface area contributed by atoms with E-state index in [-0.39, 0.29) is 5.69 Å². The van der Waals surface area contributed by atoms with Crippen molar-refractivity contribution >= 4 is 11.8 Å². The van der Waals surface area contributed by atoms with Gasteiger partial charge in [-0.05, 0) is 13.0 Å². The number of aliphatic carboxylic acids is 1. The van der Waals surface area contributed by atoms with Crippen molar-refractivity contribution in [3.8, 4) is 0 Å². The molecular weight excluding hydrogens is 172 g/mol. The van der Waals surface area contributed by atoms with Crippen LogP contribution in [0.25, 0.3) is 0 Å². The van der Waals surface area contributed by atoms with E-state index in [9.17, 15) is 9.59 Å². The first-order valence-corrected chi connectivity index (χ1v) is 3.76. The zero-order valence-electron chi connectivity index (χ0n) is 7.44. The molecule has 1 aromatic heterocycles. The van der Waals surface area contributed by atoms with Crippen molar-refractivity contribution in [3.05, 3.63) is 17.5 Å². The summed E-state index contributed by atoms with van der Waals surface area (Å²) in [7, 11) is 1.70. The van der Waals surface area contributed by atoms with Crippen molar-refractivity contribution in [3.63, 3.8) is 0 Å². The predicted molar refractivity (Wildman–Crippen MR) is 44.5 cm³/mol. The molecule has 0 amide bonds. The van der Waals surface area contributed by atoms with Crippen LogP contribution in [0, 0.1) is 6.92 Å². The molecule has 0 aliphatic carbocycles. The zero-order chi connectivity index (χ0) is 10.0. The Morgan fingerprint density at radius 2 is 2.23 bits per heavy atom. The monoisotopic (exact) mass is 182 g/mol. The van der Waals surface area contributed by atoms with Gasteiger partial charge in [-0.15, -0.1) is 0 Å². The van der Waals surface area contributed by atoms with Crippen molar-refractivity contribution < 1.29 is 14.7 Å². The number of rotatable bonds is 3. The molecule has 0 aromatic carbocycles. The molecule has 0 atom stereocenters. The Morgan fingerprint density at radius 1 is 1.62 bits per heavy atom. The Kier molecular flexibility index (Phi) is 2.46. The minimum Gasteiger partial charge on any atom is -0.481 e. The number of aromatic nitrogens is 2. The number of ketones is 1. The Morgan fingerprint density at radius 3 is 2.62 bits per heavy atom. The van der Waals surface area contributed by atoms with E-state index >= 15 is 0 Å². The average Bonchev–Trinajstić information content (AvgIpc) is 2.31. The first-order chi connectivity index (χ1) is 6.00. The van der Waals surface area contributed by atoms with Crippen molar-refractivity contribution in [1.29, 1.82) is 0 Å². The van der Waals surface area contributed by atoms with E-state index in [2.05, 4.69) is 5.10 Å². The molecule has 0 spiro atoms. The van der Waals surface area contributed by atoms with Crippen LogP contribution in [0.1, 0.15) is 22.6 Å². The minimum atomic E-state index is -1.13. The third kappa shape index (κ3) is 2.14. The smallest absolute Gasteiger partial charge is 0.311 e. The Bertz CT molecular complexity index is 335. The van der Waals surface area contributed by atoms with E-state index in [1.807, 2.05) is 0 Å². The Balaban J connectivity index is 2.83. The van der Waals surface area contributed by atoms with Gasteiger partial charge in [0.2, 0.25) is 0 Å². The molecule has 0 radical (unpaired) electrons. The molecule has 0 bridgehead atoms. The van der Waals surface area contributed by atoms with Gasteiger partial charge >= 0.3 is 5.97 Å². The number of carboxylic acid groups (broad SMARTS) is 1. The second-order valence-corrected chi connectivity index (χ2v) is 2.79. The van der Waals surface area contributed by atoms with Crippen LogP contribution in [-0.2, 0) is 11.8 Å².